The Labute approximate surface area is 161 Å². The van der Waals surface area contributed by atoms with Crippen molar-refractivity contribution in [1.82, 2.24) is 19.6 Å². The third kappa shape index (κ3) is 4.10. The number of hydrogen-bond donors (Lipinski definition) is 0. The predicted molar refractivity (Wildman–Crippen MR) is 105 cm³/mol. The summed E-state index contributed by atoms with van der Waals surface area (Å²) in [4.78, 5) is 15.4. The number of benzene rings is 2. The average molecular weight is 386 g/mol. The lowest BCUT2D eigenvalue weighted by molar-refractivity contribution is -0.384. The van der Waals surface area contributed by atoms with Gasteiger partial charge in [-0.1, -0.05) is 23.7 Å². The van der Waals surface area contributed by atoms with Gasteiger partial charge in [0.25, 0.3) is 5.69 Å². The number of halogens is 1. The summed E-state index contributed by atoms with van der Waals surface area (Å²) in [5.41, 5.74) is 2.16. The Balaban J connectivity index is 1.37. The first-order chi connectivity index (χ1) is 13.1. The summed E-state index contributed by atoms with van der Waals surface area (Å²) in [5, 5.41) is 17.1. The van der Waals surface area contributed by atoms with Crippen LogP contribution in [0.5, 0.6) is 0 Å². The van der Waals surface area contributed by atoms with Gasteiger partial charge in [-0.25, -0.2) is 0 Å². The molecule has 0 spiro atoms. The first kappa shape index (κ1) is 17.9. The van der Waals surface area contributed by atoms with Crippen LogP contribution in [-0.2, 0) is 13.2 Å². The maximum Gasteiger partial charge on any atom is 0.271 e. The van der Waals surface area contributed by atoms with Crippen molar-refractivity contribution in [2.45, 2.75) is 13.2 Å². The molecule has 1 fully saturated rings. The second kappa shape index (κ2) is 7.64. The van der Waals surface area contributed by atoms with Gasteiger partial charge < -0.3 is 0 Å². The molecular formula is C19H20ClN5O2. The van der Waals surface area contributed by atoms with E-state index in [4.69, 9.17) is 11.6 Å². The predicted octanol–water partition coefficient (Wildman–Crippen LogP) is 3.37. The van der Waals surface area contributed by atoms with Crippen LogP contribution >= 0.6 is 11.6 Å². The van der Waals surface area contributed by atoms with Crippen LogP contribution in [0.3, 0.4) is 0 Å². The Morgan fingerprint density at radius 1 is 1.04 bits per heavy atom. The Morgan fingerprint density at radius 2 is 1.74 bits per heavy atom. The zero-order valence-corrected chi connectivity index (χ0v) is 15.5. The molecule has 1 aromatic heterocycles. The van der Waals surface area contributed by atoms with Crippen LogP contribution in [0.25, 0.3) is 10.9 Å². The number of nitrogens with zero attached hydrogens (tertiary/aromatic N) is 5. The molecule has 7 nitrogen and oxygen atoms in total. The van der Waals surface area contributed by atoms with Crippen LogP contribution in [0, 0.1) is 10.1 Å². The van der Waals surface area contributed by atoms with E-state index in [9.17, 15) is 10.1 Å². The van der Waals surface area contributed by atoms with E-state index in [0.717, 1.165) is 48.6 Å². The number of nitro groups is 1. The maximum absolute atomic E-state index is 11.0. The molecule has 0 atom stereocenters. The standard InChI is InChI=1S/C19H20ClN5O2/c20-17-4-1-15(2-5-17)13-22-7-9-23(10-8-22)14-24-19-11-18(25(26)27)6-3-16(19)12-21-24/h1-6,11-12H,7-10,13-14H2. The number of piperazine rings is 1. The zero-order valence-electron chi connectivity index (χ0n) is 14.8. The minimum atomic E-state index is -0.369. The Morgan fingerprint density at radius 3 is 2.44 bits per heavy atom. The molecule has 140 valence electrons. The Bertz CT molecular complexity index is 948. The molecule has 0 aliphatic carbocycles. The molecule has 0 unspecified atom stereocenters. The maximum atomic E-state index is 11.0. The van der Waals surface area contributed by atoms with Gasteiger partial charge in [-0.2, -0.15) is 5.10 Å². The van der Waals surface area contributed by atoms with E-state index < -0.39 is 0 Å². The molecule has 1 aliphatic heterocycles. The Hall–Kier alpha value is -2.48. The van der Waals surface area contributed by atoms with Gasteiger partial charge in [0, 0.05) is 55.3 Å². The van der Waals surface area contributed by atoms with Gasteiger partial charge in [-0.3, -0.25) is 24.6 Å². The fourth-order valence-corrected chi connectivity index (χ4v) is 3.54. The smallest absolute Gasteiger partial charge is 0.271 e. The monoisotopic (exact) mass is 385 g/mol. The van der Waals surface area contributed by atoms with E-state index in [1.165, 1.54) is 11.6 Å². The SMILES string of the molecule is O=[N+]([O-])c1ccc2cnn(CN3CCN(Cc4ccc(Cl)cc4)CC3)c2c1. The van der Waals surface area contributed by atoms with Crippen molar-refractivity contribution in [2.24, 2.45) is 0 Å². The number of nitro benzene ring substituents is 1. The van der Waals surface area contributed by atoms with Crippen LogP contribution in [0.4, 0.5) is 5.69 Å². The molecular weight excluding hydrogens is 366 g/mol. The summed E-state index contributed by atoms with van der Waals surface area (Å²) in [6.07, 6.45) is 1.76. The number of hydrogen-bond acceptors (Lipinski definition) is 5. The highest BCUT2D eigenvalue weighted by atomic mass is 35.5. The number of non-ortho nitro benzene ring substituents is 1. The number of rotatable bonds is 5. The largest absolute Gasteiger partial charge is 0.297 e. The second-order valence-electron chi connectivity index (χ2n) is 6.81. The van der Waals surface area contributed by atoms with Crippen LogP contribution in [0.2, 0.25) is 5.02 Å². The highest BCUT2D eigenvalue weighted by Gasteiger charge is 2.18. The molecule has 0 N–H and O–H groups in total. The molecule has 0 amide bonds. The third-order valence-electron chi connectivity index (χ3n) is 4.96. The van der Waals surface area contributed by atoms with Gasteiger partial charge in [0.2, 0.25) is 0 Å². The highest BCUT2D eigenvalue weighted by molar-refractivity contribution is 6.30. The van der Waals surface area contributed by atoms with Crippen LogP contribution in [0.1, 0.15) is 5.56 Å². The summed E-state index contributed by atoms with van der Waals surface area (Å²) >= 11 is 5.94. The molecule has 0 radical (unpaired) electrons. The number of fused-ring (bicyclic) bond motifs is 1. The summed E-state index contributed by atoms with van der Waals surface area (Å²) in [6, 6.07) is 12.9. The molecule has 0 bridgehead atoms. The van der Waals surface area contributed by atoms with Crippen molar-refractivity contribution in [1.29, 1.82) is 0 Å². The summed E-state index contributed by atoms with van der Waals surface area (Å²) < 4.78 is 1.84. The molecule has 0 saturated carbocycles. The van der Waals surface area contributed by atoms with Gasteiger partial charge in [-0.15, -0.1) is 0 Å². The van der Waals surface area contributed by atoms with Crippen molar-refractivity contribution in [3.05, 3.63) is 69.4 Å². The minimum absolute atomic E-state index is 0.0945. The van der Waals surface area contributed by atoms with E-state index in [2.05, 4.69) is 27.0 Å². The molecule has 1 saturated heterocycles. The third-order valence-corrected chi connectivity index (χ3v) is 5.21. The van der Waals surface area contributed by atoms with Crippen molar-refractivity contribution in [3.63, 3.8) is 0 Å². The normalized spacial score (nSPS) is 16.0. The van der Waals surface area contributed by atoms with Crippen molar-refractivity contribution >= 4 is 28.2 Å². The number of aromatic nitrogens is 2. The molecule has 1 aliphatic rings. The average Bonchev–Trinajstić information content (AvgIpc) is 3.07. The fourth-order valence-electron chi connectivity index (χ4n) is 3.41. The quantitative estimate of drug-likeness (QED) is 0.497. The van der Waals surface area contributed by atoms with Crippen LogP contribution < -0.4 is 0 Å². The van der Waals surface area contributed by atoms with E-state index in [1.807, 2.05) is 16.8 Å². The second-order valence-corrected chi connectivity index (χ2v) is 7.24. The van der Waals surface area contributed by atoms with Crippen LogP contribution in [-0.4, -0.2) is 50.7 Å². The minimum Gasteiger partial charge on any atom is -0.297 e. The van der Waals surface area contributed by atoms with E-state index in [1.54, 1.807) is 18.3 Å². The molecule has 2 aromatic carbocycles. The van der Waals surface area contributed by atoms with E-state index in [0.29, 0.717) is 6.67 Å². The van der Waals surface area contributed by atoms with Gasteiger partial charge in [0.05, 0.1) is 23.3 Å². The van der Waals surface area contributed by atoms with Crippen molar-refractivity contribution < 1.29 is 4.92 Å². The lowest BCUT2D eigenvalue weighted by Crippen LogP contribution is -2.46. The summed E-state index contributed by atoms with van der Waals surface area (Å²) in [6.45, 7) is 5.37. The lowest BCUT2D eigenvalue weighted by atomic mass is 10.2. The Kier molecular flexibility index (Phi) is 5.07. The van der Waals surface area contributed by atoms with Crippen LogP contribution in [0.15, 0.2) is 48.7 Å². The summed E-state index contributed by atoms with van der Waals surface area (Å²) in [5.74, 6) is 0. The molecule has 27 heavy (non-hydrogen) atoms. The highest BCUT2D eigenvalue weighted by Crippen LogP contribution is 2.21. The first-order valence-electron chi connectivity index (χ1n) is 8.87. The lowest BCUT2D eigenvalue weighted by Gasteiger charge is -2.34. The van der Waals surface area contributed by atoms with Gasteiger partial charge in [0.1, 0.15) is 0 Å². The topological polar surface area (TPSA) is 67.4 Å². The van der Waals surface area contributed by atoms with Crippen molar-refractivity contribution in [2.75, 3.05) is 26.2 Å². The van der Waals surface area contributed by atoms with Gasteiger partial charge >= 0.3 is 0 Å². The first-order valence-corrected chi connectivity index (χ1v) is 9.25. The molecule has 4 rings (SSSR count). The van der Waals surface area contributed by atoms with Gasteiger partial charge in [-0.05, 0) is 23.8 Å². The van der Waals surface area contributed by atoms with E-state index >= 15 is 0 Å². The molecule has 3 aromatic rings. The molecule has 2 heterocycles. The van der Waals surface area contributed by atoms with Crippen molar-refractivity contribution in [3.8, 4) is 0 Å². The fraction of sp³-hybridized carbons (Fsp3) is 0.316. The zero-order chi connectivity index (χ0) is 18.8. The van der Waals surface area contributed by atoms with Gasteiger partial charge in [0.15, 0.2) is 0 Å². The summed E-state index contributed by atoms with van der Waals surface area (Å²) in [7, 11) is 0. The molecule has 8 heteroatoms. The van der Waals surface area contributed by atoms with E-state index in [-0.39, 0.29) is 10.6 Å².